The van der Waals surface area contributed by atoms with Gasteiger partial charge in [0, 0.05) is 46.0 Å². The first kappa shape index (κ1) is 25.4. The number of fused-ring (bicyclic) bond motifs is 1. The molecule has 2 aromatic carbocycles. The number of hydrogen-bond acceptors (Lipinski definition) is 4. The Bertz CT molecular complexity index is 1230. The summed E-state index contributed by atoms with van der Waals surface area (Å²) in [7, 11) is 1.89. The maximum atomic E-state index is 14.3. The lowest BCUT2D eigenvalue weighted by Crippen LogP contribution is -2.36. The van der Waals surface area contributed by atoms with Crippen LogP contribution in [-0.4, -0.2) is 63.9 Å². The molecule has 1 aromatic heterocycles. The highest BCUT2D eigenvalue weighted by Crippen LogP contribution is 2.33. The van der Waals surface area contributed by atoms with E-state index in [-0.39, 0.29) is 34.9 Å². The smallest absolute Gasteiger partial charge is 0.258 e. The first-order chi connectivity index (χ1) is 17.9. The van der Waals surface area contributed by atoms with E-state index in [0.717, 1.165) is 37.3 Å². The van der Waals surface area contributed by atoms with Crippen molar-refractivity contribution in [1.29, 1.82) is 0 Å². The van der Waals surface area contributed by atoms with Crippen molar-refractivity contribution in [1.82, 2.24) is 24.7 Å². The maximum Gasteiger partial charge on any atom is 0.258 e. The number of carbonyl (C=O) groups is 2. The fraction of sp³-hybridized carbons (Fsp3) is 0.393. The lowest BCUT2D eigenvalue weighted by Gasteiger charge is -2.25. The van der Waals surface area contributed by atoms with Gasteiger partial charge in [-0.05, 0) is 36.0 Å². The minimum absolute atomic E-state index is 0.0341. The Morgan fingerprint density at radius 3 is 2.46 bits per heavy atom. The molecular weight excluding hydrogens is 493 g/mol. The van der Waals surface area contributed by atoms with Crippen molar-refractivity contribution in [2.24, 2.45) is 18.9 Å². The van der Waals surface area contributed by atoms with Crippen molar-refractivity contribution < 1.29 is 14.0 Å². The number of carbonyl (C=O) groups excluding carboxylic acids is 2. The van der Waals surface area contributed by atoms with Gasteiger partial charge in [-0.1, -0.05) is 48.0 Å². The molecule has 3 aromatic rings. The third-order valence-electron chi connectivity index (χ3n) is 7.40. The summed E-state index contributed by atoms with van der Waals surface area (Å²) in [6, 6.07) is 14.3. The summed E-state index contributed by atoms with van der Waals surface area (Å²) in [5.74, 6) is -0.254. The largest absolute Gasteiger partial charge is 0.349 e. The van der Waals surface area contributed by atoms with E-state index in [1.54, 1.807) is 17.3 Å². The number of aryl methyl sites for hydroxylation is 1. The van der Waals surface area contributed by atoms with Crippen LogP contribution in [-0.2, 0) is 18.3 Å². The van der Waals surface area contributed by atoms with Gasteiger partial charge < -0.3 is 19.7 Å². The van der Waals surface area contributed by atoms with Crippen molar-refractivity contribution >= 4 is 23.4 Å². The fourth-order valence-electron chi connectivity index (χ4n) is 5.59. The first-order valence-electron chi connectivity index (χ1n) is 12.6. The summed E-state index contributed by atoms with van der Waals surface area (Å²) in [4.78, 5) is 34.1. The molecule has 3 atom stereocenters. The average Bonchev–Trinajstić information content (AvgIpc) is 3.57. The Labute approximate surface area is 221 Å². The Balaban J connectivity index is 1.16. The number of aromatic nitrogens is 2. The van der Waals surface area contributed by atoms with Crippen LogP contribution >= 0.6 is 11.6 Å². The summed E-state index contributed by atoms with van der Waals surface area (Å²) in [5.41, 5.74) is 1.79. The highest BCUT2D eigenvalue weighted by molar-refractivity contribution is 6.33. The molecule has 7 nitrogen and oxygen atoms in total. The van der Waals surface area contributed by atoms with Gasteiger partial charge in [0.25, 0.3) is 5.91 Å². The van der Waals surface area contributed by atoms with E-state index >= 15 is 0 Å². The van der Waals surface area contributed by atoms with E-state index in [4.69, 9.17) is 11.6 Å². The summed E-state index contributed by atoms with van der Waals surface area (Å²) in [6.45, 7) is 3.80. The molecular formula is C28H31ClFN5O2. The zero-order valence-corrected chi connectivity index (χ0v) is 21.6. The highest BCUT2D eigenvalue weighted by Gasteiger charge is 2.42. The number of amides is 2. The van der Waals surface area contributed by atoms with Crippen LogP contribution in [0.4, 0.5) is 4.39 Å². The number of benzene rings is 2. The third kappa shape index (κ3) is 5.86. The van der Waals surface area contributed by atoms with Gasteiger partial charge in [-0.2, -0.15) is 0 Å². The first-order valence-corrected chi connectivity index (χ1v) is 13.0. The van der Waals surface area contributed by atoms with Crippen LogP contribution in [0.3, 0.4) is 0 Å². The van der Waals surface area contributed by atoms with Crippen molar-refractivity contribution in [2.45, 2.75) is 18.9 Å². The molecule has 1 N–H and O–H groups in total. The van der Waals surface area contributed by atoms with E-state index in [0.29, 0.717) is 24.9 Å². The van der Waals surface area contributed by atoms with E-state index in [9.17, 15) is 14.0 Å². The number of imidazole rings is 1. The van der Waals surface area contributed by atoms with Gasteiger partial charge in [-0.3, -0.25) is 9.59 Å². The van der Waals surface area contributed by atoms with Crippen molar-refractivity contribution in [2.75, 3.05) is 32.7 Å². The zero-order valence-electron chi connectivity index (χ0n) is 20.8. The Morgan fingerprint density at radius 2 is 1.81 bits per heavy atom. The minimum Gasteiger partial charge on any atom is -0.349 e. The summed E-state index contributed by atoms with van der Waals surface area (Å²) >= 11 is 6.12. The molecule has 2 amide bonds. The molecule has 5 rings (SSSR count). The van der Waals surface area contributed by atoms with Gasteiger partial charge in [0.2, 0.25) is 5.91 Å². The second kappa shape index (κ2) is 11.0. The summed E-state index contributed by atoms with van der Waals surface area (Å²) in [6.07, 6.45) is 4.58. The van der Waals surface area contributed by atoms with Crippen molar-refractivity contribution in [3.8, 4) is 0 Å². The number of rotatable bonds is 8. The molecule has 0 saturated carbocycles. The van der Waals surface area contributed by atoms with Gasteiger partial charge in [0.05, 0.1) is 35.1 Å². The van der Waals surface area contributed by atoms with Gasteiger partial charge in [-0.15, -0.1) is 0 Å². The molecule has 2 fully saturated rings. The second-order valence-electron chi connectivity index (χ2n) is 10.1. The Hall–Kier alpha value is -3.23. The van der Waals surface area contributed by atoms with Crippen LogP contribution in [0.2, 0.25) is 5.02 Å². The molecule has 194 valence electrons. The van der Waals surface area contributed by atoms with Crippen LogP contribution in [0.5, 0.6) is 0 Å². The number of nitrogens with zero attached hydrogens (tertiary/aromatic N) is 4. The fourth-order valence-corrected chi connectivity index (χ4v) is 5.83. The lowest BCUT2D eigenvalue weighted by atomic mass is 10.0. The van der Waals surface area contributed by atoms with Gasteiger partial charge in [0.15, 0.2) is 0 Å². The van der Waals surface area contributed by atoms with Gasteiger partial charge in [0.1, 0.15) is 5.82 Å². The van der Waals surface area contributed by atoms with Crippen LogP contribution in [0.25, 0.3) is 0 Å². The number of likely N-dealkylation sites (tertiary alicyclic amines) is 2. The lowest BCUT2D eigenvalue weighted by molar-refractivity contribution is -0.121. The van der Waals surface area contributed by atoms with Crippen LogP contribution in [0.1, 0.15) is 34.1 Å². The topological polar surface area (TPSA) is 70.5 Å². The predicted molar refractivity (Wildman–Crippen MR) is 140 cm³/mol. The van der Waals surface area contributed by atoms with Crippen LogP contribution in [0.15, 0.2) is 61.1 Å². The Morgan fingerprint density at radius 1 is 1.08 bits per heavy atom. The highest BCUT2D eigenvalue weighted by atomic mass is 35.5. The monoisotopic (exact) mass is 523 g/mol. The molecule has 2 aliphatic rings. The van der Waals surface area contributed by atoms with E-state index in [1.165, 1.54) is 12.1 Å². The van der Waals surface area contributed by atoms with Gasteiger partial charge >= 0.3 is 0 Å². The standard InChI is InChI=1S/C28H31ClFN5O2/c1-33-17-22(31-18-33)12-26(36)32-25(19-6-3-2-4-7-19)10-11-34-13-20-15-35(16-21(20)14-34)28(37)27-23(29)8-5-9-24(27)30/h2-9,17-18,20-21,25H,10-16H2,1H3,(H,32,36)/t20?,21?,25-/m0/s1. The van der Waals surface area contributed by atoms with E-state index in [1.807, 2.05) is 48.1 Å². The van der Waals surface area contributed by atoms with Crippen molar-refractivity contribution in [3.63, 3.8) is 0 Å². The second-order valence-corrected chi connectivity index (χ2v) is 10.5. The summed E-state index contributed by atoms with van der Waals surface area (Å²) < 4.78 is 16.1. The molecule has 0 radical (unpaired) electrons. The quantitative estimate of drug-likeness (QED) is 0.489. The predicted octanol–water partition coefficient (Wildman–Crippen LogP) is 3.71. The van der Waals surface area contributed by atoms with E-state index in [2.05, 4.69) is 15.2 Å². The molecule has 3 heterocycles. The number of halogens is 2. The molecule has 2 aliphatic heterocycles. The number of nitrogens with one attached hydrogen (secondary N) is 1. The Kier molecular flexibility index (Phi) is 7.58. The normalized spacial score (nSPS) is 20.1. The molecule has 0 aliphatic carbocycles. The maximum absolute atomic E-state index is 14.3. The summed E-state index contributed by atoms with van der Waals surface area (Å²) in [5, 5.41) is 3.35. The minimum atomic E-state index is -0.576. The van der Waals surface area contributed by atoms with Crippen LogP contribution < -0.4 is 5.32 Å². The van der Waals surface area contributed by atoms with E-state index < -0.39 is 5.82 Å². The van der Waals surface area contributed by atoms with Crippen LogP contribution in [0, 0.1) is 17.7 Å². The molecule has 2 unspecified atom stereocenters. The average molecular weight is 524 g/mol. The SMILES string of the molecule is Cn1cnc(CC(=O)N[C@@H](CCN2CC3CN(C(=O)c4c(F)cccc4Cl)CC3C2)c2ccccc2)c1. The molecule has 37 heavy (non-hydrogen) atoms. The molecule has 2 saturated heterocycles. The zero-order chi connectivity index (χ0) is 25.9. The molecule has 0 bridgehead atoms. The number of hydrogen-bond donors (Lipinski definition) is 1. The third-order valence-corrected chi connectivity index (χ3v) is 7.71. The van der Waals surface area contributed by atoms with Gasteiger partial charge in [-0.25, -0.2) is 9.37 Å². The van der Waals surface area contributed by atoms with Crippen molar-refractivity contribution in [3.05, 3.63) is 88.7 Å². The molecule has 9 heteroatoms. The molecule has 0 spiro atoms.